The van der Waals surface area contributed by atoms with E-state index in [1.807, 2.05) is 17.5 Å². The first-order chi connectivity index (χ1) is 15.1. The van der Waals surface area contributed by atoms with Gasteiger partial charge >= 0.3 is 12.1 Å². The lowest BCUT2D eigenvalue weighted by Gasteiger charge is -2.35. The monoisotopic (exact) mass is 567 g/mol. The van der Waals surface area contributed by atoms with Crippen LogP contribution >= 0.6 is 50.2 Å². The van der Waals surface area contributed by atoms with Crippen molar-refractivity contribution in [2.45, 2.75) is 50.0 Å². The third-order valence-corrected chi connectivity index (χ3v) is 8.81. The Balaban J connectivity index is 1.63. The van der Waals surface area contributed by atoms with Crippen molar-refractivity contribution in [2.75, 3.05) is 5.32 Å². The predicted molar refractivity (Wildman–Crippen MR) is 124 cm³/mol. The molecule has 3 heterocycles. The zero-order valence-corrected chi connectivity index (χ0v) is 20.4. The molecule has 3 N–H and O–H groups in total. The molecular weight excluding hydrogens is 551 g/mol. The van der Waals surface area contributed by atoms with Gasteiger partial charge in [0, 0.05) is 34.3 Å². The van der Waals surface area contributed by atoms with Crippen molar-refractivity contribution < 1.29 is 22.7 Å². The number of nitrogens with two attached hydrogens (primary N) is 1. The molecule has 3 atom stereocenters. The van der Waals surface area contributed by atoms with Crippen LogP contribution in [0.2, 0.25) is 5.15 Å². The molecule has 0 bridgehead atoms. The van der Waals surface area contributed by atoms with Crippen LogP contribution in [0, 0.1) is 0 Å². The van der Waals surface area contributed by atoms with Gasteiger partial charge in [-0.05, 0) is 46.6 Å². The van der Waals surface area contributed by atoms with E-state index in [0.29, 0.717) is 40.9 Å². The van der Waals surface area contributed by atoms with Crippen LogP contribution < -0.4 is 11.1 Å². The van der Waals surface area contributed by atoms with Crippen LogP contribution in [0.4, 0.5) is 18.9 Å². The number of fused-ring (bicyclic) bond motifs is 1. The molecule has 172 valence electrons. The van der Waals surface area contributed by atoms with Gasteiger partial charge in [0.25, 0.3) is 0 Å². The molecule has 1 saturated carbocycles. The Morgan fingerprint density at radius 2 is 2.19 bits per heavy atom. The molecule has 0 aromatic carbocycles. The summed E-state index contributed by atoms with van der Waals surface area (Å²) in [6, 6.07) is 4.98. The lowest BCUT2D eigenvalue weighted by atomic mass is 9.82. The predicted octanol–water partition coefficient (Wildman–Crippen LogP) is 6.45. The summed E-state index contributed by atoms with van der Waals surface area (Å²) >= 11 is 12.9. The van der Waals surface area contributed by atoms with Crippen molar-refractivity contribution in [3.63, 3.8) is 0 Å². The van der Waals surface area contributed by atoms with E-state index in [0.717, 1.165) is 20.1 Å². The summed E-state index contributed by atoms with van der Waals surface area (Å²) in [7, 11) is 0. The number of thiophene rings is 2. The Bertz CT molecular complexity index is 1120. The molecule has 32 heavy (non-hydrogen) atoms. The molecule has 4 rings (SSSR count). The van der Waals surface area contributed by atoms with Crippen LogP contribution in [0.15, 0.2) is 28.1 Å². The van der Waals surface area contributed by atoms with E-state index in [-0.39, 0.29) is 5.92 Å². The fourth-order valence-electron chi connectivity index (χ4n) is 3.82. The van der Waals surface area contributed by atoms with E-state index < -0.39 is 24.3 Å². The Morgan fingerprint density at radius 1 is 1.41 bits per heavy atom. The lowest BCUT2D eigenvalue weighted by molar-refractivity contribution is -0.207. The zero-order valence-electron chi connectivity index (χ0n) is 16.4. The lowest BCUT2D eigenvalue weighted by Crippen LogP contribution is -2.47. The average molecular weight is 569 g/mol. The molecule has 1 aliphatic carbocycles. The topological polar surface area (TPSA) is 77.2 Å². The molecule has 3 aromatic rings. The van der Waals surface area contributed by atoms with Gasteiger partial charge in [-0.2, -0.15) is 13.2 Å². The molecule has 0 spiro atoms. The van der Waals surface area contributed by atoms with Gasteiger partial charge in [-0.15, -0.1) is 22.7 Å². The van der Waals surface area contributed by atoms with E-state index in [9.17, 15) is 18.0 Å². The summed E-state index contributed by atoms with van der Waals surface area (Å²) in [5.74, 6) is -2.49. The number of hydrogen-bond donors (Lipinski definition) is 2. The van der Waals surface area contributed by atoms with E-state index >= 15 is 0 Å². The highest BCUT2D eigenvalue weighted by molar-refractivity contribution is 9.10. The largest absolute Gasteiger partial charge is 0.490 e. The summed E-state index contributed by atoms with van der Waals surface area (Å²) in [5, 5.41) is 5.71. The number of halogens is 5. The van der Waals surface area contributed by atoms with Crippen molar-refractivity contribution in [3.05, 3.63) is 43.0 Å². The second kappa shape index (κ2) is 9.46. The minimum Gasteiger partial charge on any atom is -0.454 e. The second-order valence-corrected chi connectivity index (χ2v) is 10.7. The number of alkyl halides is 3. The quantitative estimate of drug-likeness (QED) is 0.273. The van der Waals surface area contributed by atoms with E-state index in [2.05, 4.69) is 26.2 Å². The number of pyridine rings is 1. The van der Waals surface area contributed by atoms with Crippen molar-refractivity contribution >= 4 is 72.1 Å². The van der Waals surface area contributed by atoms with Crippen LogP contribution in [-0.2, 0) is 16.1 Å². The normalized spacial score (nSPS) is 21.6. The number of hydrogen-bond acceptors (Lipinski definition) is 7. The van der Waals surface area contributed by atoms with Crippen molar-refractivity contribution in [1.82, 2.24) is 4.98 Å². The van der Waals surface area contributed by atoms with Crippen LogP contribution in [0.5, 0.6) is 0 Å². The molecule has 3 aromatic heterocycles. The summed E-state index contributed by atoms with van der Waals surface area (Å²) in [5.41, 5.74) is 7.78. The van der Waals surface area contributed by atoms with E-state index in [4.69, 9.17) is 22.1 Å². The number of carbonyl (C=O) groups excluding carboxylic acids is 1. The third kappa shape index (κ3) is 4.91. The number of carbonyl (C=O) groups is 1. The van der Waals surface area contributed by atoms with Crippen molar-refractivity contribution in [2.24, 2.45) is 5.73 Å². The number of anilines is 1. The first kappa shape index (κ1) is 23.7. The van der Waals surface area contributed by atoms with Gasteiger partial charge in [0.05, 0.1) is 20.4 Å². The molecular formula is C20H18BrClF3N3O2S2. The Hall–Kier alpha value is -1.40. The smallest absolute Gasteiger partial charge is 0.454 e. The minimum absolute atomic E-state index is 0.285. The fourth-order valence-corrected chi connectivity index (χ4v) is 6.93. The molecule has 0 aliphatic heterocycles. The maximum atomic E-state index is 12.7. The van der Waals surface area contributed by atoms with Crippen LogP contribution in [-0.4, -0.2) is 29.3 Å². The van der Waals surface area contributed by atoms with Crippen molar-refractivity contribution in [1.29, 1.82) is 0 Å². The van der Waals surface area contributed by atoms with Gasteiger partial charge in [0.1, 0.15) is 11.3 Å². The second-order valence-electron chi connectivity index (χ2n) is 7.44. The SMILES string of the molecule is N[C@@H]1[C@@H](c2sc3c(NCc4cccs4)cc(Cl)nc3c2Br)CCC[C@H]1OC(=O)C(F)(F)F. The maximum Gasteiger partial charge on any atom is 0.490 e. The van der Waals surface area contributed by atoms with E-state index in [1.54, 1.807) is 17.4 Å². The molecule has 0 unspecified atom stereocenters. The highest BCUT2D eigenvalue weighted by atomic mass is 79.9. The molecule has 0 amide bonds. The Morgan fingerprint density at radius 3 is 2.88 bits per heavy atom. The van der Waals surface area contributed by atoms with Gasteiger partial charge < -0.3 is 15.8 Å². The summed E-state index contributed by atoms with van der Waals surface area (Å²) in [4.78, 5) is 17.8. The first-order valence-corrected chi connectivity index (χ1v) is 12.6. The summed E-state index contributed by atoms with van der Waals surface area (Å²) in [6.07, 6.45) is -4.51. The number of ether oxygens (including phenoxy) is 1. The minimum atomic E-state index is -5.05. The molecule has 5 nitrogen and oxygen atoms in total. The van der Waals surface area contributed by atoms with Crippen LogP contribution in [0.3, 0.4) is 0 Å². The molecule has 0 radical (unpaired) electrons. The number of nitrogens with one attached hydrogen (secondary N) is 1. The first-order valence-electron chi connectivity index (χ1n) is 9.73. The van der Waals surface area contributed by atoms with Gasteiger partial charge in [0.15, 0.2) is 0 Å². The maximum absolute atomic E-state index is 12.7. The Labute approximate surface area is 203 Å². The highest BCUT2D eigenvalue weighted by Gasteiger charge is 2.45. The fraction of sp³-hybridized carbons (Fsp3) is 0.400. The van der Waals surface area contributed by atoms with Gasteiger partial charge in [0.2, 0.25) is 0 Å². The van der Waals surface area contributed by atoms with Gasteiger partial charge in [-0.1, -0.05) is 17.7 Å². The van der Waals surface area contributed by atoms with Crippen molar-refractivity contribution in [3.8, 4) is 0 Å². The third-order valence-electron chi connectivity index (χ3n) is 5.34. The molecule has 1 fully saturated rings. The number of aromatic nitrogens is 1. The number of nitrogens with zero attached hydrogens (tertiary/aromatic N) is 1. The molecule has 1 aliphatic rings. The standard InChI is InChI=1S/C20H18BrClF3N3O2S2/c21-14-16-18(11(7-13(22)28-16)27-8-9-3-2-6-31-9)32-17(14)10-4-1-5-12(15(10)26)30-19(29)20(23,24)25/h2-3,6-7,10,12,15H,1,4-5,8,26H2,(H,27,28)/t10-,12+,15+/m0/s1. The molecule has 12 heteroatoms. The zero-order chi connectivity index (χ0) is 23.0. The van der Waals surface area contributed by atoms with Gasteiger partial charge in [-0.3, -0.25) is 0 Å². The number of rotatable bonds is 5. The average Bonchev–Trinajstić information content (AvgIpc) is 3.36. The van der Waals surface area contributed by atoms with Crippen LogP contribution in [0.25, 0.3) is 10.2 Å². The summed E-state index contributed by atoms with van der Waals surface area (Å²) in [6.45, 7) is 0.621. The Kier molecular flexibility index (Phi) is 7.02. The number of esters is 1. The highest BCUT2D eigenvalue weighted by Crippen LogP contribution is 2.47. The summed E-state index contributed by atoms with van der Waals surface area (Å²) < 4.78 is 44.3. The van der Waals surface area contributed by atoms with Gasteiger partial charge in [-0.25, -0.2) is 9.78 Å². The molecule has 0 saturated heterocycles. The van der Waals surface area contributed by atoms with Crippen LogP contribution in [0.1, 0.15) is 34.9 Å². The van der Waals surface area contributed by atoms with E-state index in [1.165, 1.54) is 11.3 Å².